The number of aromatic nitrogens is 4. The summed E-state index contributed by atoms with van der Waals surface area (Å²) >= 11 is 4.82. The molecule has 1 amide bonds. The molecule has 0 saturated carbocycles. The second-order valence-corrected chi connectivity index (χ2v) is 7.36. The van der Waals surface area contributed by atoms with Crippen LogP contribution in [0.4, 0.5) is 5.69 Å². The molecule has 2 heterocycles. The molecule has 0 aliphatic carbocycles. The van der Waals surface area contributed by atoms with Gasteiger partial charge in [0.25, 0.3) is 0 Å². The van der Waals surface area contributed by atoms with E-state index in [-0.39, 0.29) is 11.7 Å². The zero-order chi connectivity index (χ0) is 18.5. The van der Waals surface area contributed by atoms with Gasteiger partial charge in [-0.1, -0.05) is 33.8 Å². The van der Waals surface area contributed by atoms with Crippen LogP contribution in [0.2, 0.25) is 0 Å². The lowest BCUT2D eigenvalue weighted by Gasteiger charge is -2.08. The molecule has 0 aliphatic rings. The van der Waals surface area contributed by atoms with E-state index in [2.05, 4.69) is 36.4 Å². The number of hydrogen-bond donors (Lipinski definition) is 1. The fraction of sp³-hybridized carbons (Fsp3) is 0.222. The highest BCUT2D eigenvalue weighted by atomic mass is 79.9. The van der Waals surface area contributed by atoms with Gasteiger partial charge < -0.3 is 9.88 Å². The SMILES string of the molecule is CCn1c(SCC(=O)Nc2ccc(Br)c(C)c2)nnc1-c1ccccn1. The number of hydrogen-bond acceptors (Lipinski definition) is 5. The van der Waals surface area contributed by atoms with Crippen molar-refractivity contribution in [3.05, 3.63) is 52.6 Å². The Hall–Kier alpha value is -2.19. The molecule has 6 nitrogen and oxygen atoms in total. The summed E-state index contributed by atoms with van der Waals surface area (Å²) < 4.78 is 2.98. The van der Waals surface area contributed by atoms with Crippen LogP contribution in [0.3, 0.4) is 0 Å². The van der Waals surface area contributed by atoms with Crippen molar-refractivity contribution in [2.75, 3.05) is 11.1 Å². The maximum atomic E-state index is 12.2. The van der Waals surface area contributed by atoms with E-state index in [1.54, 1.807) is 6.20 Å². The van der Waals surface area contributed by atoms with Crippen molar-refractivity contribution in [3.8, 4) is 11.5 Å². The lowest BCUT2D eigenvalue weighted by atomic mass is 10.2. The molecule has 0 atom stereocenters. The van der Waals surface area contributed by atoms with Gasteiger partial charge in [0.1, 0.15) is 5.69 Å². The van der Waals surface area contributed by atoms with Crippen LogP contribution in [0.25, 0.3) is 11.5 Å². The number of aryl methyl sites for hydroxylation is 1. The molecule has 26 heavy (non-hydrogen) atoms. The smallest absolute Gasteiger partial charge is 0.234 e. The average molecular weight is 432 g/mol. The Bertz CT molecular complexity index is 913. The van der Waals surface area contributed by atoms with Crippen LogP contribution in [0.1, 0.15) is 12.5 Å². The summed E-state index contributed by atoms with van der Waals surface area (Å²) in [5, 5.41) is 12.1. The first-order chi connectivity index (χ1) is 12.6. The summed E-state index contributed by atoms with van der Waals surface area (Å²) in [6, 6.07) is 11.4. The standard InChI is InChI=1S/C18H18BrN5OS/c1-3-24-17(15-6-4-5-9-20-15)22-23-18(24)26-11-16(25)21-13-7-8-14(19)12(2)10-13/h4-10H,3,11H2,1-2H3,(H,21,25). The van der Waals surface area contributed by atoms with Crippen molar-refractivity contribution in [2.45, 2.75) is 25.5 Å². The molecule has 0 unspecified atom stereocenters. The largest absolute Gasteiger partial charge is 0.325 e. The van der Waals surface area contributed by atoms with Crippen molar-refractivity contribution in [1.29, 1.82) is 0 Å². The summed E-state index contributed by atoms with van der Waals surface area (Å²) in [6.45, 7) is 4.71. The van der Waals surface area contributed by atoms with Gasteiger partial charge in [0.05, 0.1) is 5.75 Å². The molecule has 1 N–H and O–H groups in total. The van der Waals surface area contributed by atoms with Gasteiger partial charge in [0.2, 0.25) is 5.91 Å². The number of pyridine rings is 1. The summed E-state index contributed by atoms with van der Waals surface area (Å²) in [5.74, 6) is 0.886. The monoisotopic (exact) mass is 431 g/mol. The molecular formula is C18H18BrN5OS. The molecule has 0 aliphatic heterocycles. The van der Waals surface area contributed by atoms with E-state index >= 15 is 0 Å². The first-order valence-corrected chi connectivity index (χ1v) is 9.89. The van der Waals surface area contributed by atoms with Crippen LogP contribution < -0.4 is 5.32 Å². The molecule has 0 saturated heterocycles. The Balaban J connectivity index is 1.67. The molecule has 0 bridgehead atoms. The fourth-order valence-electron chi connectivity index (χ4n) is 2.41. The minimum atomic E-state index is -0.0817. The minimum absolute atomic E-state index is 0.0817. The summed E-state index contributed by atoms with van der Waals surface area (Å²) in [7, 11) is 0. The number of thioether (sulfide) groups is 1. The number of nitrogens with one attached hydrogen (secondary N) is 1. The number of amides is 1. The van der Waals surface area contributed by atoms with Gasteiger partial charge in [-0.15, -0.1) is 10.2 Å². The Labute approximate surface area is 164 Å². The maximum Gasteiger partial charge on any atom is 0.234 e. The van der Waals surface area contributed by atoms with Crippen LogP contribution >= 0.6 is 27.7 Å². The number of carbonyl (C=O) groups excluding carboxylic acids is 1. The lowest BCUT2D eigenvalue weighted by molar-refractivity contribution is -0.113. The highest BCUT2D eigenvalue weighted by Crippen LogP contribution is 2.23. The first kappa shape index (κ1) is 18.6. The van der Waals surface area contributed by atoms with Crippen LogP contribution in [0, 0.1) is 6.92 Å². The Morgan fingerprint density at radius 1 is 1.27 bits per heavy atom. The second-order valence-electron chi connectivity index (χ2n) is 5.57. The van der Waals surface area contributed by atoms with Crippen molar-refractivity contribution in [3.63, 3.8) is 0 Å². The number of benzene rings is 1. The molecule has 3 rings (SSSR count). The number of carbonyl (C=O) groups is 1. The zero-order valence-electron chi connectivity index (χ0n) is 14.4. The van der Waals surface area contributed by atoms with E-state index < -0.39 is 0 Å². The van der Waals surface area contributed by atoms with Gasteiger partial charge in [-0.3, -0.25) is 9.78 Å². The first-order valence-electron chi connectivity index (χ1n) is 8.12. The highest BCUT2D eigenvalue weighted by molar-refractivity contribution is 9.10. The van der Waals surface area contributed by atoms with Gasteiger partial charge in [0, 0.05) is 22.9 Å². The number of rotatable bonds is 6. The van der Waals surface area contributed by atoms with E-state index in [0.29, 0.717) is 17.5 Å². The fourth-order valence-corrected chi connectivity index (χ4v) is 3.46. The topological polar surface area (TPSA) is 72.7 Å². The third kappa shape index (κ3) is 4.31. The molecule has 0 fully saturated rings. The van der Waals surface area contributed by atoms with Gasteiger partial charge in [0.15, 0.2) is 11.0 Å². The van der Waals surface area contributed by atoms with Crippen LogP contribution in [-0.2, 0) is 11.3 Å². The molecule has 8 heteroatoms. The van der Waals surface area contributed by atoms with Gasteiger partial charge in [-0.25, -0.2) is 0 Å². The normalized spacial score (nSPS) is 10.7. The molecule has 0 spiro atoms. The molecular weight excluding hydrogens is 414 g/mol. The highest BCUT2D eigenvalue weighted by Gasteiger charge is 2.15. The Kier molecular flexibility index (Phi) is 6.05. The summed E-state index contributed by atoms with van der Waals surface area (Å²) in [4.78, 5) is 16.6. The Morgan fingerprint density at radius 3 is 2.81 bits per heavy atom. The average Bonchev–Trinajstić information content (AvgIpc) is 3.07. The van der Waals surface area contributed by atoms with E-state index in [0.717, 1.165) is 21.4 Å². The van der Waals surface area contributed by atoms with Gasteiger partial charge in [-0.2, -0.15) is 0 Å². The van der Waals surface area contributed by atoms with Gasteiger partial charge >= 0.3 is 0 Å². The van der Waals surface area contributed by atoms with E-state index in [9.17, 15) is 4.79 Å². The number of anilines is 1. The van der Waals surface area contributed by atoms with Crippen LogP contribution in [-0.4, -0.2) is 31.4 Å². The van der Waals surface area contributed by atoms with Crippen LogP contribution in [0.15, 0.2) is 52.2 Å². The van der Waals surface area contributed by atoms with Crippen molar-refractivity contribution in [1.82, 2.24) is 19.7 Å². The number of halogens is 1. The molecule has 3 aromatic rings. The Morgan fingerprint density at radius 2 is 2.12 bits per heavy atom. The van der Waals surface area contributed by atoms with Gasteiger partial charge in [-0.05, 0) is 49.7 Å². The third-order valence-electron chi connectivity index (χ3n) is 3.70. The predicted octanol–water partition coefficient (Wildman–Crippen LogP) is 4.16. The van der Waals surface area contributed by atoms with Crippen molar-refractivity contribution in [2.24, 2.45) is 0 Å². The molecule has 134 valence electrons. The zero-order valence-corrected chi connectivity index (χ0v) is 16.8. The third-order valence-corrected chi connectivity index (χ3v) is 5.56. The van der Waals surface area contributed by atoms with Crippen LogP contribution in [0.5, 0.6) is 0 Å². The van der Waals surface area contributed by atoms with Crippen molar-refractivity contribution >= 4 is 39.3 Å². The predicted molar refractivity (Wildman–Crippen MR) is 107 cm³/mol. The second kappa shape index (κ2) is 8.46. The molecule has 1 aromatic carbocycles. The number of nitrogens with zero attached hydrogens (tertiary/aromatic N) is 4. The molecule has 0 radical (unpaired) electrons. The van der Waals surface area contributed by atoms with E-state index in [1.807, 2.05) is 54.8 Å². The van der Waals surface area contributed by atoms with E-state index in [4.69, 9.17) is 0 Å². The lowest BCUT2D eigenvalue weighted by Crippen LogP contribution is -2.14. The molecule has 2 aromatic heterocycles. The summed E-state index contributed by atoms with van der Waals surface area (Å²) in [5.41, 5.74) is 2.62. The summed E-state index contributed by atoms with van der Waals surface area (Å²) in [6.07, 6.45) is 1.73. The van der Waals surface area contributed by atoms with Crippen molar-refractivity contribution < 1.29 is 4.79 Å². The van der Waals surface area contributed by atoms with E-state index in [1.165, 1.54) is 11.8 Å². The maximum absolute atomic E-state index is 12.2. The quantitative estimate of drug-likeness (QED) is 0.593. The minimum Gasteiger partial charge on any atom is -0.325 e.